The zero-order chi connectivity index (χ0) is 20.9. The Bertz CT molecular complexity index is 759. The smallest absolute Gasteiger partial charge is 0.302 e. The van der Waals surface area contributed by atoms with Crippen molar-refractivity contribution in [3.05, 3.63) is 23.3 Å². The molecule has 0 aromatic heterocycles. The van der Waals surface area contributed by atoms with Crippen LogP contribution in [0.25, 0.3) is 0 Å². The first kappa shape index (κ1) is 21.0. The van der Waals surface area contributed by atoms with Gasteiger partial charge in [0.15, 0.2) is 5.78 Å². The van der Waals surface area contributed by atoms with Gasteiger partial charge in [0, 0.05) is 29.7 Å². The molecule has 3 fully saturated rings. The van der Waals surface area contributed by atoms with Crippen molar-refractivity contribution in [2.75, 3.05) is 0 Å². The van der Waals surface area contributed by atoms with Crippen LogP contribution in [0.3, 0.4) is 0 Å². The Morgan fingerprint density at radius 2 is 1.75 bits per heavy atom. The summed E-state index contributed by atoms with van der Waals surface area (Å²) in [5, 5.41) is 0. The number of allylic oxidation sites excluding steroid dienone is 4. The number of esters is 1. The Morgan fingerprint density at radius 3 is 2.36 bits per heavy atom. The van der Waals surface area contributed by atoms with E-state index in [0.29, 0.717) is 18.3 Å². The van der Waals surface area contributed by atoms with E-state index in [1.165, 1.54) is 13.0 Å². The maximum absolute atomic E-state index is 13.1. The minimum Gasteiger partial charge on any atom is -0.462 e. The largest absolute Gasteiger partial charge is 0.462 e. The van der Waals surface area contributed by atoms with Gasteiger partial charge in [-0.3, -0.25) is 14.4 Å². The summed E-state index contributed by atoms with van der Waals surface area (Å²) in [6.45, 7) is 12.5. The molecule has 0 bridgehead atoms. The van der Waals surface area contributed by atoms with Gasteiger partial charge in [0.05, 0.1) is 0 Å². The van der Waals surface area contributed by atoms with Gasteiger partial charge < -0.3 is 4.74 Å². The van der Waals surface area contributed by atoms with Crippen molar-refractivity contribution in [3.8, 4) is 0 Å². The summed E-state index contributed by atoms with van der Waals surface area (Å²) in [4.78, 5) is 35.5. The summed E-state index contributed by atoms with van der Waals surface area (Å²) in [7, 11) is 0. The average Bonchev–Trinajstić information content (AvgIpc) is 2.87. The maximum atomic E-state index is 13.1. The molecule has 4 nitrogen and oxygen atoms in total. The first-order valence-corrected chi connectivity index (χ1v) is 10.5. The summed E-state index contributed by atoms with van der Waals surface area (Å²) >= 11 is 0. The first-order chi connectivity index (χ1) is 13.0. The lowest BCUT2D eigenvalue weighted by Crippen LogP contribution is -2.58. The number of Topliss-reactive ketones (excluding diaryl/α,β-unsaturated/α-hetero) is 1. The van der Waals surface area contributed by atoms with Gasteiger partial charge in [-0.2, -0.15) is 0 Å². The molecule has 0 heterocycles. The van der Waals surface area contributed by atoms with Gasteiger partial charge in [0.1, 0.15) is 12.4 Å². The fourth-order valence-electron chi connectivity index (χ4n) is 7.24. The molecule has 3 saturated carbocycles. The summed E-state index contributed by atoms with van der Waals surface area (Å²) in [6, 6.07) is 0. The molecule has 0 spiro atoms. The van der Waals surface area contributed by atoms with Crippen molar-refractivity contribution in [2.24, 2.45) is 28.1 Å². The molecule has 0 aromatic rings. The standard InChI is InChI=1S/C24H34O4/c1-15(8-7-13-25)21-17(27)14-19-23(5)12-10-20(28-16(2)26)22(3,4)18(23)9-11-24(19,21)6/h7-8,13,18-20H,9-12,14H2,1-6H3/b8-7+,21-15-/t18-,19-,20-,23-,24-/m0/s1. The third-order valence-electron chi connectivity index (χ3n) is 8.35. The second-order valence-electron chi connectivity index (χ2n) is 10.2. The second kappa shape index (κ2) is 6.96. The molecule has 3 aliphatic carbocycles. The van der Waals surface area contributed by atoms with Crippen LogP contribution in [0, 0.1) is 28.1 Å². The van der Waals surface area contributed by atoms with E-state index in [4.69, 9.17) is 4.74 Å². The molecule has 154 valence electrons. The quantitative estimate of drug-likeness (QED) is 0.396. The summed E-state index contributed by atoms with van der Waals surface area (Å²) < 4.78 is 5.70. The molecule has 0 aliphatic heterocycles. The number of carbonyl (C=O) groups excluding carboxylic acids is 3. The highest BCUT2D eigenvalue weighted by molar-refractivity contribution is 6.01. The molecule has 0 radical (unpaired) electrons. The number of hydrogen-bond donors (Lipinski definition) is 0. The third kappa shape index (κ3) is 3.00. The van der Waals surface area contributed by atoms with Crippen LogP contribution in [-0.4, -0.2) is 24.1 Å². The van der Waals surface area contributed by atoms with E-state index in [-0.39, 0.29) is 34.1 Å². The third-order valence-corrected chi connectivity index (χ3v) is 8.35. The Morgan fingerprint density at radius 1 is 1.07 bits per heavy atom. The molecule has 0 saturated heterocycles. The van der Waals surface area contributed by atoms with E-state index in [9.17, 15) is 14.4 Å². The van der Waals surface area contributed by atoms with Crippen LogP contribution in [0.2, 0.25) is 0 Å². The first-order valence-electron chi connectivity index (χ1n) is 10.5. The summed E-state index contributed by atoms with van der Waals surface area (Å²) in [6.07, 6.45) is 8.36. The normalized spacial score (nSPS) is 41.4. The molecular weight excluding hydrogens is 352 g/mol. The van der Waals surface area contributed by atoms with Crippen LogP contribution in [0.15, 0.2) is 23.3 Å². The van der Waals surface area contributed by atoms with E-state index in [0.717, 1.165) is 43.1 Å². The molecule has 28 heavy (non-hydrogen) atoms. The van der Waals surface area contributed by atoms with Gasteiger partial charge in [-0.25, -0.2) is 0 Å². The predicted molar refractivity (Wildman–Crippen MR) is 109 cm³/mol. The van der Waals surface area contributed by atoms with E-state index in [1.807, 2.05) is 6.92 Å². The van der Waals surface area contributed by atoms with Gasteiger partial charge in [0.25, 0.3) is 0 Å². The SMILES string of the molecule is CC(=O)O[C@H]1CC[C@@]2(C)[C@@H](CC[C@]3(C)/C(=C(C)\C=C\C=O)C(=O)C[C@@H]23)C1(C)C. The van der Waals surface area contributed by atoms with E-state index >= 15 is 0 Å². The molecule has 3 aliphatic rings. The van der Waals surface area contributed by atoms with Gasteiger partial charge in [0.2, 0.25) is 0 Å². The fraction of sp³-hybridized carbons (Fsp3) is 0.708. The van der Waals surface area contributed by atoms with Crippen molar-refractivity contribution in [3.63, 3.8) is 0 Å². The molecule has 5 atom stereocenters. The minimum absolute atomic E-state index is 0.0409. The molecule has 4 heteroatoms. The zero-order valence-electron chi connectivity index (χ0n) is 18.1. The van der Waals surface area contributed by atoms with Crippen LogP contribution in [0.4, 0.5) is 0 Å². The van der Waals surface area contributed by atoms with Crippen LogP contribution in [0.1, 0.15) is 73.6 Å². The summed E-state index contributed by atoms with van der Waals surface area (Å²) in [5.41, 5.74) is 1.64. The van der Waals surface area contributed by atoms with Gasteiger partial charge in [-0.05, 0) is 61.5 Å². The topological polar surface area (TPSA) is 60.4 Å². The fourth-order valence-corrected chi connectivity index (χ4v) is 7.24. The summed E-state index contributed by atoms with van der Waals surface area (Å²) in [5.74, 6) is 0.732. The van der Waals surface area contributed by atoms with Gasteiger partial charge >= 0.3 is 5.97 Å². The monoisotopic (exact) mass is 386 g/mol. The molecule has 0 aromatic carbocycles. The Balaban J connectivity index is 2.01. The highest BCUT2D eigenvalue weighted by Gasteiger charge is 2.65. The van der Waals surface area contributed by atoms with Crippen LogP contribution < -0.4 is 0 Å². The lowest BCUT2D eigenvalue weighted by atomic mass is 9.43. The number of ether oxygens (including phenoxy) is 1. The van der Waals surface area contributed by atoms with Gasteiger partial charge in [-0.1, -0.05) is 33.8 Å². The number of carbonyl (C=O) groups is 3. The van der Waals surface area contributed by atoms with Crippen molar-refractivity contribution in [1.29, 1.82) is 0 Å². The number of ketones is 1. The second-order valence-corrected chi connectivity index (χ2v) is 10.2. The molecule has 0 amide bonds. The van der Waals surface area contributed by atoms with Crippen molar-refractivity contribution >= 4 is 18.0 Å². The maximum Gasteiger partial charge on any atom is 0.302 e. The Labute approximate surface area is 168 Å². The lowest BCUT2D eigenvalue weighted by Gasteiger charge is -2.62. The van der Waals surface area contributed by atoms with Crippen molar-refractivity contribution < 1.29 is 19.1 Å². The Kier molecular flexibility index (Phi) is 5.23. The number of hydrogen-bond acceptors (Lipinski definition) is 4. The average molecular weight is 387 g/mol. The van der Waals surface area contributed by atoms with Crippen LogP contribution >= 0.6 is 0 Å². The molecule has 0 unspecified atom stereocenters. The van der Waals surface area contributed by atoms with Crippen molar-refractivity contribution in [1.82, 2.24) is 0 Å². The van der Waals surface area contributed by atoms with Crippen LogP contribution in [-0.2, 0) is 19.1 Å². The predicted octanol–water partition coefficient (Wildman–Crippen LogP) is 4.82. The lowest BCUT2D eigenvalue weighted by molar-refractivity contribution is -0.185. The van der Waals surface area contributed by atoms with Gasteiger partial charge in [-0.15, -0.1) is 0 Å². The van der Waals surface area contributed by atoms with E-state index in [2.05, 4.69) is 27.7 Å². The highest BCUT2D eigenvalue weighted by Crippen LogP contribution is 2.69. The van der Waals surface area contributed by atoms with Crippen LogP contribution in [0.5, 0.6) is 0 Å². The number of fused-ring (bicyclic) bond motifs is 3. The molecule has 0 N–H and O–H groups in total. The Hall–Kier alpha value is -1.71. The highest BCUT2D eigenvalue weighted by atomic mass is 16.5. The van der Waals surface area contributed by atoms with E-state index in [1.54, 1.807) is 6.08 Å². The van der Waals surface area contributed by atoms with E-state index < -0.39 is 0 Å². The van der Waals surface area contributed by atoms with Crippen molar-refractivity contribution in [2.45, 2.75) is 79.8 Å². The number of aldehydes is 1. The zero-order valence-corrected chi connectivity index (χ0v) is 18.1. The molecular formula is C24H34O4. The number of rotatable bonds is 3. The minimum atomic E-state index is -0.207. The molecule has 3 rings (SSSR count).